The highest BCUT2D eigenvalue weighted by Gasteiger charge is 2.23. The van der Waals surface area contributed by atoms with E-state index in [1.165, 1.54) is 32.3 Å². The third kappa shape index (κ3) is 7.84. The minimum Gasteiger partial charge on any atom is -0.456 e. The molecule has 0 bridgehead atoms. The lowest BCUT2D eigenvalue weighted by molar-refractivity contribution is 0.669. The summed E-state index contributed by atoms with van der Waals surface area (Å²) in [4.78, 5) is 0. The van der Waals surface area contributed by atoms with Gasteiger partial charge < -0.3 is 27.1 Å². The zero-order chi connectivity index (χ0) is 62.1. The average Bonchev–Trinajstić information content (AvgIpc) is 1.57. The fourth-order valence-electron chi connectivity index (χ4n) is 15.1. The van der Waals surface area contributed by atoms with Crippen LogP contribution in [0.5, 0.6) is 0 Å². The van der Waals surface area contributed by atoms with E-state index in [0.29, 0.717) is 11.1 Å². The van der Waals surface area contributed by atoms with E-state index in [9.17, 15) is 10.5 Å². The van der Waals surface area contributed by atoms with Crippen LogP contribution in [0.25, 0.3) is 176 Å². The second kappa shape index (κ2) is 20.7. The summed E-state index contributed by atoms with van der Waals surface area (Å²) in [6.45, 7) is 0. The van der Waals surface area contributed by atoms with E-state index >= 15 is 0 Å². The highest BCUT2D eigenvalue weighted by molar-refractivity contribution is 6.28. The van der Waals surface area contributed by atoms with Crippen LogP contribution in [-0.2, 0) is 0 Å². The van der Waals surface area contributed by atoms with Crippen LogP contribution >= 0.6 is 0 Å². The van der Waals surface area contributed by atoms with Crippen LogP contribution in [0.1, 0.15) is 11.1 Å². The topological polar surface area (TPSA) is 93.6 Å². The summed E-state index contributed by atoms with van der Waals surface area (Å²) < 4.78 is 21.8. The molecule has 8 heteroatoms. The molecular weight excluding hydrogens is 1150 g/mol. The number of hydrogen-bond donors (Lipinski definition) is 0. The third-order valence-electron chi connectivity index (χ3n) is 19.2. The minimum atomic E-state index is 0.640. The Balaban J connectivity index is 0.000000133. The maximum atomic E-state index is 10.3. The van der Waals surface area contributed by atoms with E-state index in [-0.39, 0.29) is 0 Å². The van der Waals surface area contributed by atoms with Crippen molar-refractivity contribution in [3.63, 3.8) is 0 Å². The molecule has 6 aromatic heterocycles. The van der Waals surface area contributed by atoms with Crippen LogP contribution in [0.15, 0.2) is 312 Å². The molecule has 94 heavy (non-hydrogen) atoms. The molecule has 0 amide bonds. The number of furan rings is 2. The summed E-state index contributed by atoms with van der Waals surface area (Å²) in [7, 11) is 0. The van der Waals surface area contributed by atoms with Gasteiger partial charge in [-0.3, -0.25) is 0 Å². The predicted octanol–water partition coefficient (Wildman–Crippen LogP) is 22.6. The Hall–Kier alpha value is -13.1. The quantitative estimate of drug-likeness (QED) is 0.166. The monoisotopic (exact) mass is 1200 g/mol. The van der Waals surface area contributed by atoms with Gasteiger partial charge in [-0.25, -0.2) is 0 Å². The van der Waals surface area contributed by atoms with Gasteiger partial charge in [-0.15, -0.1) is 0 Å². The lowest BCUT2D eigenvalue weighted by Gasteiger charge is -2.12. The molecule has 6 heterocycles. The molecule has 436 valence electrons. The molecule has 0 aliphatic carbocycles. The molecule has 0 unspecified atom stereocenters. The zero-order valence-electron chi connectivity index (χ0n) is 50.4. The number of benzene rings is 14. The largest absolute Gasteiger partial charge is 0.456 e. The number of nitriles is 2. The summed E-state index contributed by atoms with van der Waals surface area (Å²) in [6.07, 6.45) is 0. The van der Waals surface area contributed by atoms with Crippen molar-refractivity contribution in [1.82, 2.24) is 18.3 Å². The minimum absolute atomic E-state index is 0.640. The van der Waals surface area contributed by atoms with Crippen molar-refractivity contribution in [2.24, 2.45) is 0 Å². The van der Waals surface area contributed by atoms with E-state index in [1.54, 1.807) is 0 Å². The van der Waals surface area contributed by atoms with Gasteiger partial charge in [0.25, 0.3) is 0 Å². The summed E-state index contributed by atoms with van der Waals surface area (Å²) in [5.41, 5.74) is 21.8. The van der Waals surface area contributed by atoms with Crippen LogP contribution in [0.2, 0.25) is 0 Å². The first kappa shape index (κ1) is 52.8. The Labute approximate surface area is 537 Å². The standard InChI is InChI=1S/2C43H25N3O/c44-26-28-25-30(46-37-13-5-1-9-32(37)33-10-2-6-14-38(33)46)21-22-31(28)27-17-19-29(20-18-27)45-39-15-7-3-12-36(39)42-40(45)24-23-35-34-11-4-8-16-41(34)47-43(35)42;44-26-28-25-30(46-36-13-5-1-9-32(36)33-10-2-6-14-37(33)46)21-22-31(28)27-17-19-29(20-18-27)45-38-15-7-3-11-34(38)42-39(45)23-24-41-43(42)35-12-4-8-16-40(35)47-41/h2*1-25H. The molecule has 20 aromatic rings. The summed E-state index contributed by atoms with van der Waals surface area (Å²) in [6, 6.07) is 110. The van der Waals surface area contributed by atoms with Crippen molar-refractivity contribution >= 4 is 131 Å². The van der Waals surface area contributed by atoms with E-state index in [0.717, 1.165) is 144 Å². The fourth-order valence-corrected chi connectivity index (χ4v) is 15.1. The third-order valence-corrected chi connectivity index (χ3v) is 19.2. The van der Waals surface area contributed by atoms with Crippen molar-refractivity contribution in [2.45, 2.75) is 0 Å². The first-order valence-corrected chi connectivity index (χ1v) is 31.5. The Morgan fingerprint density at radius 1 is 0.234 bits per heavy atom. The molecule has 20 rings (SSSR count). The molecule has 0 aliphatic rings. The SMILES string of the molecule is N#Cc1cc(-n2c3ccccc3c3ccccc32)ccc1-c1ccc(-n2c3ccccc3c3c4c(ccc32)oc2ccccc24)cc1.N#Cc1cc(-n2c3ccccc3c3ccccc32)ccc1-c1ccc(-n2c3ccccc3c3c4oc5ccccc5c4ccc32)cc1. The Bertz CT molecular complexity index is 6520. The van der Waals surface area contributed by atoms with Gasteiger partial charge in [0.1, 0.15) is 22.3 Å². The molecular formula is C86H50N6O2. The molecule has 0 fully saturated rings. The molecule has 0 spiro atoms. The molecule has 14 aromatic carbocycles. The highest BCUT2D eigenvalue weighted by Crippen LogP contribution is 2.44. The maximum Gasteiger partial charge on any atom is 0.145 e. The summed E-state index contributed by atoms with van der Waals surface area (Å²) in [5.74, 6) is 0. The Kier molecular flexibility index (Phi) is 11.6. The van der Waals surface area contributed by atoms with Crippen molar-refractivity contribution < 1.29 is 8.83 Å². The first-order valence-electron chi connectivity index (χ1n) is 31.5. The van der Waals surface area contributed by atoms with E-state index < -0.39 is 0 Å². The Morgan fingerprint density at radius 3 is 1.05 bits per heavy atom. The first-order chi connectivity index (χ1) is 46.6. The van der Waals surface area contributed by atoms with Gasteiger partial charge in [0.15, 0.2) is 0 Å². The lowest BCUT2D eigenvalue weighted by Crippen LogP contribution is -1.96. The number of hydrogen-bond acceptors (Lipinski definition) is 4. The van der Waals surface area contributed by atoms with Gasteiger partial charge in [-0.1, -0.05) is 182 Å². The molecule has 8 nitrogen and oxygen atoms in total. The molecule has 0 atom stereocenters. The van der Waals surface area contributed by atoms with Crippen molar-refractivity contribution in [3.05, 3.63) is 314 Å². The van der Waals surface area contributed by atoms with E-state index in [1.807, 2.05) is 36.4 Å². The second-order valence-electron chi connectivity index (χ2n) is 24.1. The van der Waals surface area contributed by atoms with Crippen LogP contribution in [0, 0.1) is 22.7 Å². The molecule has 0 radical (unpaired) electrons. The van der Waals surface area contributed by atoms with Gasteiger partial charge in [0.05, 0.1) is 72.8 Å². The van der Waals surface area contributed by atoms with Gasteiger partial charge in [-0.05, 0) is 144 Å². The predicted molar refractivity (Wildman–Crippen MR) is 385 cm³/mol. The lowest BCUT2D eigenvalue weighted by atomic mass is 9.99. The zero-order valence-corrected chi connectivity index (χ0v) is 50.4. The number of fused-ring (bicyclic) bond motifs is 20. The normalized spacial score (nSPS) is 11.8. The van der Waals surface area contributed by atoms with Crippen LogP contribution < -0.4 is 0 Å². The molecule has 0 N–H and O–H groups in total. The number of para-hydroxylation sites is 8. The van der Waals surface area contributed by atoms with Crippen LogP contribution in [-0.4, -0.2) is 18.3 Å². The number of aromatic nitrogens is 4. The van der Waals surface area contributed by atoms with E-state index in [2.05, 4.69) is 297 Å². The maximum absolute atomic E-state index is 10.3. The van der Waals surface area contributed by atoms with Gasteiger partial charge >= 0.3 is 0 Å². The van der Waals surface area contributed by atoms with E-state index in [4.69, 9.17) is 8.83 Å². The highest BCUT2D eigenvalue weighted by atomic mass is 16.3. The number of rotatable bonds is 6. The van der Waals surface area contributed by atoms with Crippen LogP contribution in [0.3, 0.4) is 0 Å². The molecule has 0 saturated heterocycles. The molecule has 0 aliphatic heterocycles. The summed E-state index contributed by atoms with van der Waals surface area (Å²) >= 11 is 0. The van der Waals surface area contributed by atoms with Gasteiger partial charge in [0.2, 0.25) is 0 Å². The van der Waals surface area contributed by atoms with Crippen molar-refractivity contribution in [3.8, 4) is 57.1 Å². The fraction of sp³-hybridized carbons (Fsp3) is 0. The van der Waals surface area contributed by atoms with Crippen molar-refractivity contribution in [1.29, 1.82) is 10.5 Å². The van der Waals surface area contributed by atoms with Crippen molar-refractivity contribution in [2.75, 3.05) is 0 Å². The van der Waals surface area contributed by atoms with Gasteiger partial charge in [0, 0.05) is 82.0 Å². The number of nitrogens with zero attached hydrogens (tertiary/aromatic N) is 6. The second-order valence-corrected chi connectivity index (χ2v) is 24.1. The van der Waals surface area contributed by atoms with Crippen LogP contribution in [0.4, 0.5) is 0 Å². The van der Waals surface area contributed by atoms with Gasteiger partial charge in [-0.2, -0.15) is 10.5 Å². The smallest absolute Gasteiger partial charge is 0.145 e. The Morgan fingerprint density at radius 2 is 0.585 bits per heavy atom. The average molecular weight is 1200 g/mol. The summed E-state index contributed by atoms with van der Waals surface area (Å²) in [5, 5.41) is 34.7. The molecule has 0 saturated carbocycles.